The molecule has 2 N–H and O–H groups in total. The third-order valence-electron chi connectivity index (χ3n) is 7.61. The zero-order valence-electron chi connectivity index (χ0n) is 27.3. The lowest BCUT2D eigenvalue weighted by Gasteiger charge is -2.24. The fourth-order valence-corrected chi connectivity index (χ4v) is 6.33. The number of methoxy groups -OCH3 is 1. The number of nitrogens with one attached hydrogen (secondary N) is 2. The third kappa shape index (κ3) is 9.16. The monoisotopic (exact) mass is 754 g/mol. The van der Waals surface area contributed by atoms with Crippen LogP contribution in [0.2, 0.25) is 5.02 Å². The number of nitrogens with zero attached hydrogens (tertiary/aromatic N) is 2. The number of benzodiazepines with no additional fused rings is 1. The van der Waals surface area contributed by atoms with Gasteiger partial charge in [0.15, 0.2) is 15.9 Å². The van der Waals surface area contributed by atoms with E-state index in [-0.39, 0.29) is 16.5 Å². The molecule has 4 aromatic rings. The van der Waals surface area contributed by atoms with E-state index in [0.29, 0.717) is 34.3 Å². The molecule has 0 saturated heterocycles. The van der Waals surface area contributed by atoms with Gasteiger partial charge >= 0.3 is 12.3 Å². The highest BCUT2D eigenvalue weighted by Gasteiger charge is 2.36. The molecule has 270 valence electrons. The lowest BCUT2D eigenvalue weighted by Crippen LogP contribution is -2.46. The molecule has 5 rings (SSSR count). The fraction of sp³-hybridized carbons (Fsp3) is 0.167. The lowest BCUT2D eigenvalue weighted by molar-refractivity contribution is -0.137. The molecule has 1 aliphatic rings. The Hall–Kier alpha value is -5.67. The average molecular weight is 755 g/mol. The van der Waals surface area contributed by atoms with Gasteiger partial charge in [0.05, 0.1) is 34.7 Å². The van der Waals surface area contributed by atoms with Crippen LogP contribution in [-0.2, 0) is 30.3 Å². The Morgan fingerprint density at radius 2 is 1.67 bits per heavy atom. The highest BCUT2D eigenvalue weighted by Crippen LogP contribution is 2.36. The van der Waals surface area contributed by atoms with Crippen LogP contribution < -0.4 is 20.3 Å². The number of ether oxygens (including phenoxy) is 2. The lowest BCUT2D eigenvalue weighted by atomic mass is 10.0. The highest BCUT2D eigenvalue weighted by molar-refractivity contribution is 7.94. The number of halogens is 4. The number of carbonyl (C=O) groups excluding carboxylic acids is 3. The van der Waals surface area contributed by atoms with Crippen LogP contribution in [0.25, 0.3) is 0 Å². The smallest absolute Gasteiger partial charge is 0.418 e. The number of amides is 3. The summed E-state index contributed by atoms with van der Waals surface area (Å²) in [6, 6.07) is 22.6. The minimum atomic E-state index is -4.84. The summed E-state index contributed by atoms with van der Waals surface area (Å²) in [6.45, 7) is -1.43. The molecule has 0 bridgehead atoms. The second-order valence-electron chi connectivity index (χ2n) is 11.1. The number of sulfone groups is 1. The van der Waals surface area contributed by atoms with Crippen molar-refractivity contribution in [2.24, 2.45) is 4.99 Å². The van der Waals surface area contributed by atoms with Crippen molar-refractivity contribution in [3.63, 3.8) is 0 Å². The van der Waals surface area contributed by atoms with Crippen LogP contribution in [0, 0.1) is 0 Å². The summed E-state index contributed by atoms with van der Waals surface area (Å²) in [5.41, 5.74) is -0.0891. The first-order valence-corrected chi connectivity index (χ1v) is 17.4. The molecule has 0 fully saturated rings. The molecule has 0 radical (unpaired) electrons. The standard InChI is InChI=1S/C36H30ClF3N4O7S/c1-50-25-13-15-26(16-14-25)52(48,49)19-7-18-41-32(45)21-44-31-11-6-5-10-27(31)33(23-8-3-2-4-9-23)42-30(34(44)46)22-51-35(47)43-29-17-12-24(37)20-28(29)36(38,39)40/h2-17,19-20,30H,18,21-22H2,1H3,(H,41,45)(H,43,47)/b19-7+/t30-/m1/s1. The number of aliphatic imine (C=N–C) groups is 1. The molecule has 3 amide bonds. The van der Waals surface area contributed by atoms with Crippen molar-refractivity contribution in [2.75, 3.05) is 37.0 Å². The van der Waals surface area contributed by atoms with Gasteiger partial charge in [-0.15, -0.1) is 0 Å². The van der Waals surface area contributed by atoms with E-state index in [1.165, 1.54) is 37.5 Å². The topological polar surface area (TPSA) is 143 Å². The Morgan fingerprint density at radius 3 is 2.37 bits per heavy atom. The Morgan fingerprint density at radius 1 is 0.981 bits per heavy atom. The summed E-state index contributed by atoms with van der Waals surface area (Å²) in [5, 5.41) is 5.35. The Bertz CT molecular complexity index is 2130. The number of rotatable bonds is 11. The molecule has 1 aliphatic heterocycles. The summed E-state index contributed by atoms with van der Waals surface area (Å²) in [7, 11) is -2.37. The molecule has 16 heteroatoms. The molecule has 11 nitrogen and oxygen atoms in total. The second-order valence-corrected chi connectivity index (χ2v) is 13.4. The molecular weight excluding hydrogens is 725 g/mol. The van der Waals surface area contributed by atoms with Gasteiger partial charge in [0.2, 0.25) is 5.91 Å². The van der Waals surface area contributed by atoms with Gasteiger partial charge in [0, 0.05) is 28.1 Å². The molecule has 1 atom stereocenters. The van der Waals surface area contributed by atoms with Gasteiger partial charge in [-0.3, -0.25) is 19.9 Å². The predicted molar refractivity (Wildman–Crippen MR) is 188 cm³/mol. The van der Waals surface area contributed by atoms with E-state index in [2.05, 4.69) is 10.3 Å². The van der Waals surface area contributed by atoms with Crippen LogP contribution in [0.4, 0.5) is 29.3 Å². The molecule has 4 aromatic carbocycles. The molecule has 0 aromatic heterocycles. The summed E-state index contributed by atoms with van der Waals surface area (Å²) >= 11 is 5.73. The minimum Gasteiger partial charge on any atom is -0.497 e. The molecule has 1 heterocycles. The van der Waals surface area contributed by atoms with Crippen molar-refractivity contribution in [3.05, 3.63) is 130 Å². The van der Waals surface area contributed by atoms with E-state index in [0.717, 1.165) is 22.4 Å². The molecule has 0 unspecified atom stereocenters. The van der Waals surface area contributed by atoms with Crippen molar-refractivity contribution in [2.45, 2.75) is 17.1 Å². The maximum atomic E-state index is 14.0. The second kappa shape index (κ2) is 16.1. The molecule has 0 aliphatic carbocycles. The van der Waals surface area contributed by atoms with E-state index in [1.807, 2.05) is 5.32 Å². The molecule has 0 saturated carbocycles. The fourth-order valence-electron chi connectivity index (χ4n) is 5.14. The Labute approximate surface area is 301 Å². The number of hydrogen-bond donors (Lipinski definition) is 2. The highest BCUT2D eigenvalue weighted by atomic mass is 35.5. The summed E-state index contributed by atoms with van der Waals surface area (Å²) in [4.78, 5) is 45.8. The van der Waals surface area contributed by atoms with Gasteiger partial charge in [0.1, 0.15) is 18.9 Å². The average Bonchev–Trinajstić information content (AvgIpc) is 3.24. The van der Waals surface area contributed by atoms with Crippen LogP contribution in [0.1, 0.15) is 16.7 Å². The van der Waals surface area contributed by atoms with E-state index in [1.54, 1.807) is 54.6 Å². The molecule has 52 heavy (non-hydrogen) atoms. The first kappa shape index (κ1) is 37.6. The number of anilines is 2. The van der Waals surface area contributed by atoms with Gasteiger partial charge in [-0.05, 0) is 48.5 Å². The Balaban J connectivity index is 1.35. The number of hydrogen-bond acceptors (Lipinski definition) is 8. The van der Waals surface area contributed by atoms with E-state index < -0.39 is 64.4 Å². The van der Waals surface area contributed by atoms with Gasteiger partial charge < -0.3 is 19.7 Å². The SMILES string of the molecule is COc1ccc(S(=O)(=O)/C=C/CNC(=O)CN2C(=O)[C@@H](COC(=O)Nc3ccc(Cl)cc3C(F)(F)F)N=C(c3ccccc3)c3ccccc32)cc1. The van der Waals surface area contributed by atoms with Crippen molar-refractivity contribution in [3.8, 4) is 5.75 Å². The van der Waals surface area contributed by atoms with E-state index >= 15 is 0 Å². The van der Waals surface area contributed by atoms with Crippen LogP contribution in [-0.4, -0.2) is 64.9 Å². The number of benzene rings is 4. The number of fused-ring (bicyclic) bond motifs is 1. The summed E-state index contributed by atoms with van der Waals surface area (Å²) < 4.78 is 76.4. The predicted octanol–water partition coefficient (Wildman–Crippen LogP) is 6.27. The van der Waals surface area contributed by atoms with Crippen molar-refractivity contribution in [1.29, 1.82) is 0 Å². The zero-order valence-corrected chi connectivity index (χ0v) is 28.8. The van der Waals surface area contributed by atoms with Crippen molar-refractivity contribution >= 4 is 56.4 Å². The largest absolute Gasteiger partial charge is 0.497 e. The summed E-state index contributed by atoms with van der Waals surface area (Å²) in [6.07, 6.45) is -4.89. The van der Waals surface area contributed by atoms with Gasteiger partial charge in [0.25, 0.3) is 5.91 Å². The maximum Gasteiger partial charge on any atom is 0.418 e. The first-order valence-electron chi connectivity index (χ1n) is 15.4. The number of carbonyl (C=O) groups is 3. The summed E-state index contributed by atoms with van der Waals surface area (Å²) in [5.74, 6) is -0.922. The van der Waals surface area contributed by atoms with Crippen LogP contribution in [0.15, 0.2) is 118 Å². The van der Waals surface area contributed by atoms with Crippen molar-refractivity contribution < 1.29 is 45.4 Å². The normalized spacial score (nSPS) is 14.6. The van der Waals surface area contributed by atoms with Crippen LogP contribution >= 0.6 is 11.6 Å². The van der Waals surface area contributed by atoms with E-state index in [9.17, 15) is 36.0 Å². The first-order chi connectivity index (χ1) is 24.8. The molecule has 0 spiro atoms. The molecular formula is C36H30ClF3N4O7S. The van der Waals surface area contributed by atoms with Gasteiger partial charge in [-0.25, -0.2) is 13.2 Å². The quantitative estimate of drug-likeness (QED) is 0.184. The van der Waals surface area contributed by atoms with Crippen molar-refractivity contribution in [1.82, 2.24) is 5.32 Å². The number of alkyl halides is 3. The Kier molecular flexibility index (Phi) is 11.7. The zero-order chi connectivity index (χ0) is 37.5. The number of para-hydroxylation sites is 1. The maximum absolute atomic E-state index is 14.0. The van der Waals surface area contributed by atoms with Gasteiger partial charge in [-0.1, -0.05) is 66.2 Å². The third-order valence-corrected chi connectivity index (χ3v) is 9.33. The van der Waals surface area contributed by atoms with E-state index in [4.69, 9.17) is 21.1 Å². The minimum absolute atomic E-state index is 0.0211. The van der Waals surface area contributed by atoms with Crippen LogP contribution in [0.5, 0.6) is 5.75 Å². The van der Waals surface area contributed by atoms with Crippen LogP contribution in [0.3, 0.4) is 0 Å². The van der Waals surface area contributed by atoms with Gasteiger partial charge in [-0.2, -0.15) is 13.2 Å².